The first-order valence-corrected chi connectivity index (χ1v) is 11.0. The Morgan fingerprint density at radius 3 is 2.85 bits per heavy atom. The minimum atomic E-state index is -0.454. The Kier molecular flexibility index (Phi) is 5.26. The Bertz CT molecular complexity index is 1270. The molecule has 3 aromatic rings. The highest BCUT2D eigenvalue weighted by molar-refractivity contribution is 7.14. The highest BCUT2D eigenvalue weighted by atomic mass is 32.1. The molecule has 0 bridgehead atoms. The van der Waals surface area contributed by atoms with Crippen LogP contribution >= 0.6 is 11.3 Å². The van der Waals surface area contributed by atoms with Gasteiger partial charge in [-0.15, -0.1) is 0 Å². The number of ether oxygens (including phenoxy) is 1. The summed E-state index contributed by atoms with van der Waals surface area (Å²) in [5.41, 5.74) is 2.83. The third kappa shape index (κ3) is 3.80. The zero-order chi connectivity index (χ0) is 23.1. The summed E-state index contributed by atoms with van der Waals surface area (Å²) in [5, 5.41) is 19.6. The standard InChI is InChI=1S/C21H19FN8O2S/c1-12-7-26-28(2)19(12)18-17(6-23)33-20(27-18)32-15-10-29(11-15)21(31)30-16(3-4-25-30)13-5-14(22)9-24-8-13/h4-5,7-9,15-16H,3,10-11H2,1-2H3/t16-/m0/s1. The Morgan fingerprint density at radius 1 is 1.33 bits per heavy atom. The van der Waals surface area contributed by atoms with E-state index in [1.807, 2.05) is 6.92 Å². The van der Waals surface area contributed by atoms with Gasteiger partial charge in [0.15, 0.2) is 0 Å². The quantitative estimate of drug-likeness (QED) is 0.584. The molecule has 1 fully saturated rings. The van der Waals surface area contributed by atoms with Gasteiger partial charge in [0.05, 0.1) is 37.2 Å². The van der Waals surface area contributed by atoms with Crippen molar-refractivity contribution in [2.75, 3.05) is 13.1 Å². The Morgan fingerprint density at radius 2 is 2.15 bits per heavy atom. The summed E-state index contributed by atoms with van der Waals surface area (Å²) in [6.45, 7) is 2.63. The van der Waals surface area contributed by atoms with Gasteiger partial charge in [0.25, 0.3) is 5.19 Å². The molecule has 2 aliphatic heterocycles. The molecule has 10 nitrogen and oxygen atoms in total. The molecule has 5 heterocycles. The molecule has 3 aromatic heterocycles. The third-order valence-electron chi connectivity index (χ3n) is 5.58. The van der Waals surface area contributed by atoms with Gasteiger partial charge in [0.2, 0.25) is 0 Å². The Labute approximate surface area is 192 Å². The van der Waals surface area contributed by atoms with Gasteiger partial charge < -0.3 is 9.64 Å². The molecule has 5 rings (SSSR count). The molecule has 0 unspecified atom stereocenters. The molecule has 1 atom stereocenters. The topological polar surface area (TPSA) is 113 Å². The Hall–Kier alpha value is -3.85. The van der Waals surface area contributed by atoms with Crippen LogP contribution in [0.25, 0.3) is 11.4 Å². The number of amides is 2. The maximum absolute atomic E-state index is 13.6. The van der Waals surface area contributed by atoms with Gasteiger partial charge in [-0.3, -0.25) is 9.67 Å². The Balaban J connectivity index is 1.24. The normalized spacial score (nSPS) is 17.8. The summed E-state index contributed by atoms with van der Waals surface area (Å²) in [7, 11) is 1.80. The molecular weight excluding hydrogens is 447 g/mol. The van der Waals surface area contributed by atoms with Crippen LogP contribution < -0.4 is 4.74 Å². The molecule has 33 heavy (non-hydrogen) atoms. The van der Waals surface area contributed by atoms with Crippen LogP contribution in [0.15, 0.2) is 29.8 Å². The molecule has 0 aromatic carbocycles. The largest absolute Gasteiger partial charge is 0.463 e. The van der Waals surface area contributed by atoms with Gasteiger partial charge in [-0.25, -0.2) is 14.2 Å². The average molecular weight is 467 g/mol. The number of rotatable bonds is 4. The number of aryl methyl sites for hydroxylation is 2. The van der Waals surface area contributed by atoms with Crippen LogP contribution in [0.1, 0.15) is 28.5 Å². The van der Waals surface area contributed by atoms with Gasteiger partial charge in [-0.1, -0.05) is 11.3 Å². The van der Waals surface area contributed by atoms with Crippen LogP contribution in [0.2, 0.25) is 0 Å². The number of hydrogen-bond donors (Lipinski definition) is 0. The zero-order valence-corrected chi connectivity index (χ0v) is 18.7. The third-order valence-corrected chi connectivity index (χ3v) is 6.43. The first kappa shape index (κ1) is 21.0. The minimum Gasteiger partial charge on any atom is -0.463 e. The van der Waals surface area contributed by atoms with Crippen LogP contribution in [0.3, 0.4) is 0 Å². The lowest BCUT2D eigenvalue weighted by Crippen LogP contribution is -2.58. The van der Waals surface area contributed by atoms with Crippen molar-refractivity contribution >= 4 is 23.6 Å². The number of nitriles is 1. The maximum Gasteiger partial charge on any atom is 0.341 e. The number of halogens is 1. The van der Waals surface area contributed by atoms with E-state index in [9.17, 15) is 14.4 Å². The van der Waals surface area contributed by atoms with E-state index in [1.165, 1.54) is 22.4 Å². The van der Waals surface area contributed by atoms with Gasteiger partial charge in [-0.05, 0) is 24.1 Å². The van der Waals surface area contributed by atoms with Crippen LogP contribution in [-0.4, -0.2) is 61.1 Å². The number of urea groups is 1. The molecule has 168 valence electrons. The van der Waals surface area contributed by atoms with E-state index in [-0.39, 0.29) is 18.2 Å². The van der Waals surface area contributed by atoms with Crippen molar-refractivity contribution in [1.29, 1.82) is 5.26 Å². The molecule has 0 saturated carbocycles. The molecule has 0 radical (unpaired) electrons. The highest BCUT2D eigenvalue weighted by Crippen LogP contribution is 2.35. The van der Waals surface area contributed by atoms with Crippen molar-refractivity contribution < 1.29 is 13.9 Å². The van der Waals surface area contributed by atoms with Crippen molar-refractivity contribution in [2.45, 2.75) is 25.5 Å². The van der Waals surface area contributed by atoms with E-state index in [2.05, 4.69) is 26.2 Å². The van der Waals surface area contributed by atoms with Crippen molar-refractivity contribution in [2.24, 2.45) is 12.1 Å². The summed E-state index contributed by atoms with van der Waals surface area (Å²) in [5.74, 6) is -0.454. The summed E-state index contributed by atoms with van der Waals surface area (Å²) in [4.78, 5) is 23.4. The second-order valence-corrected chi connectivity index (χ2v) is 8.79. The molecule has 2 aliphatic rings. The van der Waals surface area contributed by atoms with Crippen LogP contribution in [0.5, 0.6) is 5.19 Å². The van der Waals surface area contributed by atoms with E-state index in [0.29, 0.717) is 40.8 Å². The van der Waals surface area contributed by atoms with Crippen molar-refractivity contribution in [3.63, 3.8) is 0 Å². The molecule has 1 saturated heterocycles. The van der Waals surface area contributed by atoms with Crippen LogP contribution in [-0.2, 0) is 7.05 Å². The van der Waals surface area contributed by atoms with Crippen LogP contribution in [0, 0.1) is 24.1 Å². The van der Waals surface area contributed by atoms with Crippen LogP contribution in [0.4, 0.5) is 9.18 Å². The SMILES string of the molecule is Cc1cnn(C)c1-c1nc(OC2CN(C(=O)N3N=CC[C@H]3c3cncc(F)c3)C2)sc1C#N. The summed E-state index contributed by atoms with van der Waals surface area (Å²) < 4.78 is 21.2. The van der Waals surface area contributed by atoms with Crippen molar-refractivity contribution in [3.8, 4) is 22.7 Å². The second kappa shape index (κ2) is 8.25. The number of nitrogens with zero attached hydrogens (tertiary/aromatic N) is 8. The van der Waals surface area contributed by atoms with E-state index < -0.39 is 5.82 Å². The minimum absolute atomic E-state index is 0.243. The van der Waals surface area contributed by atoms with Crippen molar-refractivity contribution in [3.05, 3.63) is 46.5 Å². The first-order valence-electron chi connectivity index (χ1n) is 10.2. The fraction of sp³-hybridized carbons (Fsp3) is 0.333. The summed E-state index contributed by atoms with van der Waals surface area (Å²) >= 11 is 1.17. The molecule has 0 aliphatic carbocycles. The average Bonchev–Trinajstić information content (AvgIpc) is 3.48. The van der Waals surface area contributed by atoms with Gasteiger partial charge in [0, 0.05) is 25.9 Å². The first-order chi connectivity index (χ1) is 15.9. The molecule has 0 spiro atoms. The lowest BCUT2D eigenvalue weighted by molar-refractivity contribution is 0.0276. The van der Waals surface area contributed by atoms with E-state index >= 15 is 0 Å². The second-order valence-electron chi connectivity index (χ2n) is 7.83. The lowest BCUT2D eigenvalue weighted by Gasteiger charge is -2.40. The fourth-order valence-corrected chi connectivity index (χ4v) is 4.70. The molecule has 12 heteroatoms. The van der Waals surface area contributed by atoms with Gasteiger partial charge >= 0.3 is 6.03 Å². The fourth-order valence-electron chi connectivity index (χ4n) is 3.92. The number of likely N-dealkylation sites (tertiary alicyclic amines) is 1. The monoisotopic (exact) mass is 466 g/mol. The van der Waals surface area contributed by atoms with E-state index in [4.69, 9.17) is 4.74 Å². The number of thiazole rings is 1. The zero-order valence-electron chi connectivity index (χ0n) is 17.8. The predicted octanol–water partition coefficient (Wildman–Crippen LogP) is 2.87. The lowest BCUT2D eigenvalue weighted by atomic mass is 10.1. The highest BCUT2D eigenvalue weighted by Gasteiger charge is 2.39. The smallest absolute Gasteiger partial charge is 0.341 e. The number of carbonyl (C=O) groups is 1. The number of pyridine rings is 1. The number of aromatic nitrogens is 4. The predicted molar refractivity (Wildman–Crippen MR) is 117 cm³/mol. The maximum atomic E-state index is 13.6. The number of carbonyl (C=O) groups excluding carboxylic acids is 1. The van der Waals surface area contributed by atoms with Gasteiger partial charge in [0.1, 0.15) is 28.6 Å². The van der Waals surface area contributed by atoms with E-state index in [1.54, 1.807) is 35.2 Å². The molecule has 0 N–H and O–H groups in total. The molecular formula is C21H19FN8O2S. The summed E-state index contributed by atoms with van der Waals surface area (Å²) in [6, 6.07) is 2.88. The van der Waals surface area contributed by atoms with Crippen molar-refractivity contribution in [1.82, 2.24) is 29.7 Å². The van der Waals surface area contributed by atoms with E-state index in [0.717, 1.165) is 17.5 Å². The van der Waals surface area contributed by atoms with Gasteiger partial charge in [-0.2, -0.15) is 20.4 Å². The number of hydrazone groups is 1. The molecule has 2 amide bonds. The number of hydrogen-bond acceptors (Lipinski definition) is 8. The summed E-state index contributed by atoms with van der Waals surface area (Å²) in [6.07, 6.45) is 6.29.